The van der Waals surface area contributed by atoms with Gasteiger partial charge in [0.15, 0.2) is 11.6 Å². The van der Waals surface area contributed by atoms with Gasteiger partial charge in [0.25, 0.3) is 0 Å². The summed E-state index contributed by atoms with van der Waals surface area (Å²) in [6.45, 7) is 1.84. The van der Waals surface area contributed by atoms with Gasteiger partial charge in [-0.25, -0.2) is 4.39 Å². The Labute approximate surface area is 308 Å². The second-order valence-electron chi connectivity index (χ2n) is 13.9. The van der Waals surface area contributed by atoms with Gasteiger partial charge in [-0.1, -0.05) is 72.8 Å². The SMILES string of the molecule is CC(=O)NC1Cc2cccc(c2)Oc2ccc(cc2)CC(C(=O)CCc2ccccc2F)NC(=O)C(CC(=O)N2CCC[C@@H]2c2ccccc2)CC1=O. The van der Waals surface area contributed by atoms with Crippen molar-refractivity contribution in [1.82, 2.24) is 15.5 Å². The number of nitrogens with zero attached hydrogens (tertiary/aromatic N) is 1. The average molecular weight is 718 g/mol. The Kier molecular flexibility index (Phi) is 12.1. The lowest BCUT2D eigenvalue weighted by atomic mass is 9.90. The van der Waals surface area contributed by atoms with Gasteiger partial charge in [0.05, 0.1) is 24.0 Å². The highest BCUT2D eigenvalue weighted by Crippen LogP contribution is 2.33. The second kappa shape index (κ2) is 17.3. The number of benzene rings is 4. The highest BCUT2D eigenvalue weighted by molar-refractivity contribution is 5.96. The minimum absolute atomic E-state index is 0.0393. The monoisotopic (exact) mass is 717 g/mol. The van der Waals surface area contributed by atoms with Gasteiger partial charge in [-0.15, -0.1) is 0 Å². The molecule has 2 N–H and O–H groups in total. The third kappa shape index (κ3) is 9.83. The van der Waals surface area contributed by atoms with Gasteiger partial charge in [-0.05, 0) is 84.7 Å². The molecule has 4 atom stereocenters. The summed E-state index contributed by atoms with van der Waals surface area (Å²) in [5.41, 5.74) is 2.86. The van der Waals surface area contributed by atoms with E-state index in [0.29, 0.717) is 23.6 Å². The molecule has 4 aromatic carbocycles. The molecular weight excluding hydrogens is 673 g/mol. The summed E-state index contributed by atoms with van der Waals surface area (Å²) in [5.74, 6) is -2.49. The van der Waals surface area contributed by atoms with E-state index >= 15 is 0 Å². The first-order chi connectivity index (χ1) is 25.6. The van der Waals surface area contributed by atoms with Crippen molar-refractivity contribution in [2.24, 2.45) is 5.92 Å². The maximum Gasteiger partial charge on any atom is 0.224 e. The Hall–Kier alpha value is -5.64. The van der Waals surface area contributed by atoms with Crippen molar-refractivity contribution in [3.8, 4) is 11.5 Å². The third-order valence-corrected chi connectivity index (χ3v) is 10.0. The molecule has 9 nitrogen and oxygen atoms in total. The zero-order valence-electron chi connectivity index (χ0n) is 29.8. The molecule has 1 saturated heterocycles. The molecule has 0 radical (unpaired) electrons. The Morgan fingerprint density at radius 1 is 0.849 bits per heavy atom. The molecule has 4 aromatic rings. The minimum atomic E-state index is -1.13. The van der Waals surface area contributed by atoms with E-state index in [-0.39, 0.29) is 56.3 Å². The van der Waals surface area contributed by atoms with Gasteiger partial charge >= 0.3 is 0 Å². The highest BCUT2D eigenvalue weighted by Gasteiger charge is 2.36. The summed E-state index contributed by atoms with van der Waals surface area (Å²) in [6, 6.07) is 28.2. The molecule has 0 aromatic heterocycles. The number of hydrogen-bond donors (Lipinski definition) is 2. The first-order valence-corrected chi connectivity index (χ1v) is 18.2. The molecule has 0 aliphatic carbocycles. The van der Waals surface area contributed by atoms with Gasteiger partial charge in [-0.2, -0.15) is 0 Å². The number of carbonyl (C=O) groups excluding carboxylic acids is 5. The summed E-state index contributed by atoms with van der Waals surface area (Å²) in [4.78, 5) is 70.4. The molecule has 0 spiro atoms. The predicted molar refractivity (Wildman–Crippen MR) is 197 cm³/mol. The van der Waals surface area contributed by atoms with E-state index in [2.05, 4.69) is 10.6 Å². The van der Waals surface area contributed by atoms with Crippen LogP contribution in [0.15, 0.2) is 103 Å². The van der Waals surface area contributed by atoms with Gasteiger partial charge < -0.3 is 20.3 Å². The fraction of sp³-hybridized carbons (Fsp3) is 0.326. The Balaban J connectivity index is 1.32. The molecule has 3 amide bonds. The number of fused-ring (bicyclic) bond motifs is 10. The van der Waals surface area contributed by atoms with E-state index in [1.54, 1.807) is 53.4 Å². The number of rotatable bonds is 8. The van der Waals surface area contributed by atoms with Gasteiger partial charge in [0.1, 0.15) is 17.3 Å². The maximum atomic E-state index is 14.5. The Morgan fingerprint density at radius 2 is 1.60 bits per heavy atom. The number of ether oxygens (including phenoxy) is 1. The fourth-order valence-corrected chi connectivity index (χ4v) is 7.25. The summed E-state index contributed by atoms with van der Waals surface area (Å²) in [7, 11) is 0. The zero-order valence-corrected chi connectivity index (χ0v) is 29.8. The number of carbonyl (C=O) groups is 5. The van der Waals surface area contributed by atoms with Crippen LogP contribution in [-0.4, -0.2) is 52.8 Å². The maximum absolute atomic E-state index is 14.5. The molecule has 10 heteroatoms. The van der Waals surface area contributed by atoms with E-state index in [4.69, 9.17) is 4.74 Å². The molecule has 274 valence electrons. The largest absolute Gasteiger partial charge is 0.457 e. The van der Waals surface area contributed by atoms with Crippen molar-refractivity contribution in [3.05, 3.63) is 131 Å². The van der Waals surface area contributed by atoms with E-state index in [1.165, 1.54) is 13.0 Å². The lowest BCUT2D eigenvalue weighted by Gasteiger charge is -2.28. The lowest BCUT2D eigenvalue weighted by molar-refractivity contribution is -0.139. The molecule has 3 heterocycles. The summed E-state index contributed by atoms with van der Waals surface area (Å²) >= 11 is 0. The van der Waals surface area contributed by atoms with Crippen LogP contribution in [0, 0.1) is 11.7 Å². The molecule has 7 rings (SSSR count). The van der Waals surface area contributed by atoms with Crippen LogP contribution in [0.25, 0.3) is 0 Å². The molecule has 3 unspecified atom stereocenters. The van der Waals surface area contributed by atoms with E-state index in [1.807, 2.05) is 48.5 Å². The summed E-state index contributed by atoms with van der Waals surface area (Å²) < 4.78 is 20.6. The summed E-state index contributed by atoms with van der Waals surface area (Å²) in [5, 5.41) is 5.64. The van der Waals surface area contributed by atoms with Crippen LogP contribution in [0.4, 0.5) is 4.39 Å². The van der Waals surface area contributed by atoms with Crippen LogP contribution in [0.5, 0.6) is 11.5 Å². The lowest BCUT2D eigenvalue weighted by Crippen LogP contribution is -2.48. The van der Waals surface area contributed by atoms with E-state index < -0.39 is 41.4 Å². The van der Waals surface area contributed by atoms with Crippen molar-refractivity contribution in [3.63, 3.8) is 0 Å². The normalized spacial score (nSPS) is 20.6. The molecule has 3 aliphatic heterocycles. The smallest absolute Gasteiger partial charge is 0.224 e. The van der Waals surface area contributed by atoms with Crippen LogP contribution in [-0.2, 0) is 43.2 Å². The number of likely N-dealkylation sites (tertiary alicyclic amines) is 1. The van der Waals surface area contributed by atoms with Crippen molar-refractivity contribution in [2.45, 2.75) is 76.4 Å². The molecule has 4 bridgehead atoms. The number of aryl methyl sites for hydroxylation is 1. The van der Waals surface area contributed by atoms with Gasteiger partial charge in [0, 0.05) is 32.7 Å². The molecule has 1 fully saturated rings. The Morgan fingerprint density at radius 3 is 2.36 bits per heavy atom. The van der Waals surface area contributed by atoms with Crippen molar-refractivity contribution >= 4 is 29.3 Å². The van der Waals surface area contributed by atoms with Crippen molar-refractivity contribution in [1.29, 1.82) is 0 Å². The van der Waals surface area contributed by atoms with Crippen LogP contribution < -0.4 is 15.4 Å². The standard InChI is InChI=1S/C43H44FN3O6/c1-28(48)45-38-25-30-9-7-13-35(23-30)53-34-19-16-29(17-20-34)24-37(40(49)21-18-31-10-5-6-14-36(31)44)46-43(52)33(26-41(38)50)27-42(51)47-22-8-15-39(47)32-11-3-2-4-12-32/h2-7,9-14,16-17,19-20,23,33,37-39H,8,15,18,21-22,24-27H2,1H3,(H,45,48)(H,46,52)/t33?,37?,38?,39-/m1/s1. The molecule has 3 aliphatic rings. The number of amides is 3. The summed E-state index contributed by atoms with van der Waals surface area (Å²) in [6.07, 6.45) is 1.33. The number of ketones is 2. The zero-order chi connectivity index (χ0) is 37.3. The first-order valence-electron chi connectivity index (χ1n) is 18.2. The Bertz CT molecular complexity index is 1950. The quantitative estimate of drug-likeness (QED) is 0.223. The second-order valence-corrected chi connectivity index (χ2v) is 13.9. The van der Waals surface area contributed by atoms with Crippen LogP contribution >= 0.6 is 0 Å². The topological polar surface area (TPSA) is 122 Å². The fourth-order valence-electron chi connectivity index (χ4n) is 7.25. The minimum Gasteiger partial charge on any atom is -0.457 e. The number of hydrogen-bond acceptors (Lipinski definition) is 6. The number of nitrogens with one attached hydrogen (secondary N) is 2. The van der Waals surface area contributed by atoms with Crippen LogP contribution in [0.1, 0.15) is 67.3 Å². The van der Waals surface area contributed by atoms with Crippen LogP contribution in [0.3, 0.4) is 0 Å². The van der Waals surface area contributed by atoms with Crippen molar-refractivity contribution in [2.75, 3.05) is 6.54 Å². The molecular formula is C43H44FN3O6. The average Bonchev–Trinajstić information content (AvgIpc) is 3.65. The van der Waals surface area contributed by atoms with Gasteiger partial charge in [0.2, 0.25) is 17.7 Å². The third-order valence-electron chi connectivity index (χ3n) is 10.0. The number of Topliss-reactive ketones (excluding diaryl/α,β-unsaturated/α-hetero) is 2. The van der Waals surface area contributed by atoms with Gasteiger partial charge in [-0.3, -0.25) is 24.0 Å². The van der Waals surface area contributed by atoms with Crippen molar-refractivity contribution < 1.29 is 33.1 Å². The first kappa shape index (κ1) is 37.1. The van der Waals surface area contributed by atoms with E-state index in [9.17, 15) is 28.4 Å². The predicted octanol–water partition coefficient (Wildman–Crippen LogP) is 6.24. The molecule has 0 saturated carbocycles. The highest BCUT2D eigenvalue weighted by atomic mass is 19.1. The molecule has 53 heavy (non-hydrogen) atoms. The van der Waals surface area contributed by atoms with E-state index in [0.717, 1.165) is 29.5 Å². The van der Waals surface area contributed by atoms with Crippen LogP contribution in [0.2, 0.25) is 0 Å². The number of halogens is 1.